The number of benzene rings is 1. The quantitative estimate of drug-likeness (QED) is 0.764. The van der Waals surface area contributed by atoms with Crippen molar-refractivity contribution in [1.82, 2.24) is 25.5 Å². The zero-order valence-corrected chi connectivity index (χ0v) is 14.9. The molecule has 2 aromatic heterocycles. The zero-order chi connectivity index (χ0) is 17.3. The Morgan fingerprint density at radius 3 is 2.54 bits per heavy atom. The second kappa shape index (κ2) is 6.52. The third-order valence-electron chi connectivity index (χ3n) is 3.89. The lowest BCUT2D eigenvalue weighted by molar-refractivity contribution is 0.0954. The summed E-state index contributed by atoms with van der Waals surface area (Å²) in [6.07, 6.45) is 1.43. The first-order chi connectivity index (χ1) is 11.5. The topological polar surface area (TPSA) is 83.6 Å². The molecule has 0 saturated heterocycles. The minimum atomic E-state index is -0.116. The first-order valence-corrected chi connectivity index (χ1v) is 8.45. The molecular formula is C17H19N5OS. The highest BCUT2D eigenvalue weighted by atomic mass is 32.1. The molecule has 1 amide bonds. The number of amides is 1. The van der Waals surface area contributed by atoms with Crippen molar-refractivity contribution in [3.05, 3.63) is 51.3 Å². The number of rotatable bonds is 4. The average Bonchev–Trinajstić information content (AvgIpc) is 3.14. The van der Waals surface area contributed by atoms with Crippen LogP contribution in [0.2, 0.25) is 0 Å². The number of hydrogen-bond acceptors (Lipinski definition) is 5. The third-order valence-corrected chi connectivity index (χ3v) is 5.05. The number of nitrogens with one attached hydrogen (secondary N) is 2. The molecule has 0 bridgehead atoms. The van der Waals surface area contributed by atoms with E-state index in [1.54, 1.807) is 0 Å². The summed E-state index contributed by atoms with van der Waals surface area (Å²) < 4.78 is 0. The smallest absolute Gasteiger partial charge is 0.263 e. The molecule has 7 heteroatoms. The molecule has 3 aromatic rings. The first-order valence-electron chi connectivity index (χ1n) is 7.64. The zero-order valence-electron chi connectivity index (χ0n) is 14.1. The number of H-pyrrole nitrogens is 1. The fraction of sp³-hybridized carbons (Fsp3) is 0.294. The summed E-state index contributed by atoms with van der Waals surface area (Å²) >= 11 is 1.31. The molecule has 3 rings (SSSR count). The van der Waals surface area contributed by atoms with Gasteiger partial charge in [0.05, 0.1) is 5.69 Å². The van der Waals surface area contributed by atoms with Crippen LogP contribution in [0.5, 0.6) is 0 Å². The van der Waals surface area contributed by atoms with Gasteiger partial charge in [0.25, 0.3) is 5.91 Å². The fourth-order valence-corrected chi connectivity index (χ4v) is 3.68. The molecule has 0 spiro atoms. The van der Waals surface area contributed by atoms with E-state index in [9.17, 15) is 4.79 Å². The van der Waals surface area contributed by atoms with Crippen LogP contribution >= 0.6 is 11.3 Å². The Kier molecular flexibility index (Phi) is 4.44. The Morgan fingerprint density at radius 2 is 1.92 bits per heavy atom. The van der Waals surface area contributed by atoms with E-state index in [0.29, 0.717) is 27.9 Å². The molecule has 0 aliphatic carbocycles. The van der Waals surface area contributed by atoms with Crippen molar-refractivity contribution in [3.8, 4) is 10.8 Å². The maximum absolute atomic E-state index is 12.5. The molecule has 6 nitrogen and oxygen atoms in total. The summed E-state index contributed by atoms with van der Waals surface area (Å²) in [6, 6.07) is 4.27. The van der Waals surface area contributed by atoms with Crippen LogP contribution in [0.15, 0.2) is 18.5 Å². The van der Waals surface area contributed by atoms with E-state index in [1.807, 2.05) is 6.92 Å². The number of carbonyl (C=O) groups is 1. The maximum Gasteiger partial charge on any atom is 0.263 e. The summed E-state index contributed by atoms with van der Waals surface area (Å²) in [5, 5.41) is 10.2. The largest absolute Gasteiger partial charge is 0.347 e. The molecule has 1 aromatic carbocycles. The lowest BCUT2D eigenvalue weighted by atomic mass is 10.00. The van der Waals surface area contributed by atoms with Crippen LogP contribution in [0.1, 0.15) is 37.6 Å². The highest BCUT2D eigenvalue weighted by Crippen LogP contribution is 2.25. The maximum atomic E-state index is 12.5. The monoisotopic (exact) mass is 341 g/mol. The van der Waals surface area contributed by atoms with Gasteiger partial charge in [-0.1, -0.05) is 17.7 Å². The summed E-state index contributed by atoms with van der Waals surface area (Å²) in [6.45, 7) is 8.55. The Bertz CT molecular complexity index is 860. The third kappa shape index (κ3) is 3.21. The standard InChI is InChI=1S/C17H19N5OS/c1-9-5-10(2)13(11(3)6-9)7-18-16(23)14-12(4)21-17(24-14)15-19-8-20-22-15/h5-6,8H,7H2,1-4H3,(H,18,23)(H,19,20,22). The summed E-state index contributed by atoms with van der Waals surface area (Å²) in [7, 11) is 0. The summed E-state index contributed by atoms with van der Waals surface area (Å²) in [5.41, 5.74) is 5.47. The highest BCUT2D eigenvalue weighted by molar-refractivity contribution is 7.17. The van der Waals surface area contributed by atoms with E-state index < -0.39 is 0 Å². The molecule has 0 fully saturated rings. The van der Waals surface area contributed by atoms with Gasteiger partial charge < -0.3 is 5.32 Å². The van der Waals surface area contributed by atoms with Crippen LogP contribution in [0.25, 0.3) is 10.8 Å². The molecule has 0 saturated carbocycles. The van der Waals surface area contributed by atoms with Crippen molar-refractivity contribution in [2.75, 3.05) is 0 Å². The summed E-state index contributed by atoms with van der Waals surface area (Å²) in [5.74, 6) is 0.461. The SMILES string of the molecule is Cc1cc(C)c(CNC(=O)c2sc(-c3ncn[nH]3)nc2C)c(C)c1. The van der Waals surface area contributed by atoms with Crippen molar-refractivity contribution in [2.24, 2.45) is 0 Å². The van der Waals surface area contributed by atoms with Gasteiger partial charge in [-0.05, 0) is 44.4 Å². The van der Waals surface area contributed by atoms with E-state index in [-0.39, 0.29) is 5.91 Å². The van der Waals surface area contributed by atoms with E-state index in [0.717, 1.165) is 5.56 Å². The Morgan fingerprint density at radius 1 is 1.21 bits per heavy atom. The molecule has 24 heavy (non-hydrogen) atoms. The number of thiazole rings is 1. The second-order valence-corrected chi connectivity index (χ2v) is 6.83. The molecule has 2 N–H and O–H groups in total. The van der Waals surface area contributed by atoms with Crippen LogP contribution < -0.4 is 5.32 Å². The Balaban J connectivity index is 1.77. The highest BCUT2D eigenvalue weighted by Gasteiger charge is 2.17. The first kappa shape index (κ1) is 16.3. The van der Waals surface area contributed by atoms with Crippen molar-refractivity contribution >= 4 is 17.2 Å². The fourth-order valence-electron chi connectivity index (χ4n) is 2.75. The van der Waals surface area contributed by atoms with E-state index in [2.05, 4.69) is 58.4 Å². The number of aromatic nitrogens is 4. The van der Waals surface area contributed by atoms with Gasteiger partial charge in [-0.3, -0.25) is 9.89 Å². The molecule has 0 aliphatic heterocycles. The number of aromatic amines is 1. The van der Waals surface area contributed by atoms with Gasteiger partial charge in [0.2, 0.25) is 0 Å². The van der Waals surface area contributed by atoms with Crippen molar-refractivity contribution in [1.29, 1.82) is 0 Å². The van der Waals surface area contributed by atoms with Gasteiger partial charge in [0.1, 0.15) is 11.2 Å². The number of hydrogen-bond donors (Lipinski definition) is 2. The molecule has 0 atom stereocenters. The molecule has 124 valence electrons. The normalized spacial score (nSPS) is 10.8. The molecule has 0 aliphatic rings. The van der Waals surface area contributed by atoms with Gasteiger partial charge in [-0.15, -0.1) is 11.3 Å². The van der Waals surface area contributed by atoms with E-state index in [1.165, 1.54) is 34.4 Å². The van der Waals surface area contributed by atoms with Gasteiger partial charge in [0, 0.05) is 6.54 Å². The second-order valence-electron chi connectivity index (χ2n) is 5.83. The number of aryl methyl sites for hydroxylation is 4. The van der Waals surface area contributed by atoms with Crippen molar-refractivity contribution in [3.63, 3.8) is 0 Å². The predicted molar refractivity (Wildman–Crippen MR) is 94.1 cm³/mol. The van der Waals surface area contributed by atoms with Crippen LogP contribution in [0.4, 0.5) is 0 Å². The van der Waals surface area contributed by atoms with Gasteiger partial charge in [-0.2, -0.15) is 5.10 Å². The molecule has 0 radical (unpaired) electrons. The van der Waals surface area contributed by atoms with Gasteiger partial charge in [-0.25, -0.2) is 9.97 Å². The predicted octanol–water partition coefficient (Wildman–Crippen LogP) is 3.09. The van der Waals surface area contributed by atoms with Gasteiger partial charge >= 0.3 is 0 Å². The average molecular weight is 341 g/mol. The number of carbonyl (C=O) groups excluding carboxylic acids is 1. The number of nitrogens with zero attached hydrogens (tertiary/aromatic N) is 3. The van der Waals surface area contributed by atoms with Crippen LogP contribution in [0.3, 0.4) is 0 Å². The van der Waals surface area contributed by atoms with Crippen LogP contribution in [0, 0.1) is 27.7 Å². The minimum Gasteiger partial charge on any atom is -0.347 e. The van der Waals surface area contributed by atoms with Crippen molar-refractivity contribution in [2.45, 2.75) is 34.2 Å². The minimum absolute atomic E-state index is 0.116. The lowest BCUT2D eigenvalue weighted by Gasteiger charge is -2.12. The van der Waals surface area contributed by atoms with Crippen LogP contribution in [-0.4, -0.2) is 26.1 Å². The Labute approximate surface area is 144 Å². The molecule has 2 heterocycles. The summed E-state index contributed by atoms with van der Waals surface area (Å²) in [4.78, 5) is 21.6. The lowest BCUT2D eigenvalue weighted by Crippen LogP contribution is -2.23. The van der Waals surface area contributed by atoms with E-state index in [4.69, 9.17) is 0 Å². The van der Waals surface area contributed by atoms with Crippen molar-refractivity contribution < 1.29 is 4.79 Å². The Hall–Kier alpha value is -2.54. The van der Waals surface area contributed by atoms with E-state index >= 15 is 0 Å². The molecule has 0 unspecified atom stereocenters. The van der Waals surface area contributed by atoms with Gasteiger partial charge in [0.15, 0.2) is 10.8 Å². The molecular weight excluding hydrogens is 322 g/mol. The van der Waals surface area contributed by atoms with Crippen LogP contribution in [-0.2, 0) is 6.54 Å².